The Kier molecular flexibility index (Phi) is 9.80. The summed E-state index contributed by atoms with van der Waals surface area (Å²) in [5.74, 6) is 8.10. The normalized spacial score (nSPS) is 11.6. The quantitative estimate of drug-likeness (QED) is 0.100. The van der Waals surface area contributed by atoms with E-state index in [9.17, 15) is 0 Å². The number of fused-ring (bicyclic) bond motifs is 7. The van der Waals surface area contributed by atoms with Crippen LogP contribution in [-0.2, 0) is 20.1 Å². The van der Waals surface area contributed by atoms with Gasteiger partial charge in [0.05, 0.1) is 16.9 Å². The van der Waals surface area contributed by atoms with Gasteiger partial charge in [-0.3, -0.25) is 4.98 Å². The summed E-state index contributed by atoms with van der Waals surface area (Å²) in [6, 6.07) is 55.4. The molecule has 1 radical (unpaired) electrons. The SMILES string of the molecule is Cc1ccc2c(n1)sc1c(-c3nc4ccccc4n3-c3ccccc3)[c-]ccc12.[CH3][Ge]([CH3])([CH3])[c]1ccc(-c2[c-]ccc3c2ccc2ccccc23)nc1.[Ir]. The number of nitrogens with zero attached hydrogens (tertiary/aromatic N) is 4. The van der Waals surface area contributed by atoms with Crippen LogP contribution in [0.2, 0.25) is 17.3 Å². The van der Waals surface area contributed by atoms with E-state index in [2.05, 4.69) is 155 Å². The molecule has 4 heterocycles. The largest absolute Gasteiger partial charge is 0 e. The van der Waals surface area contributed by atoms with E-state index in [1.54, 1.807) is 11.3 Å². The van der Waals surface area contributed by atoms with Crippen molar-refractivity contribution in [3.05, 3.63) is 164 Å². The third kappa shape index (κ3) is 6.58. The Balaban J connectivity index is 0.000000153. The van der Waals surface area contributed by atoms with Gasteiger partial charge >= 0.3 is 146 Å². The Morgan fingerprint density at radius 2 is 1.33 bits per heavy atom. The first-order chi connectivity index (χ1) is 25.8. The second kappa shape index (κ2) is 14.7. The first kappa shape index (κ1) is 36.0. The van der Waals surface area contributed by atoms with Crippen molar-refractivity contribution in [1.29, 1.82) is 0 Å². The minimum absolute atomic E-state index is 0. The Labute approximate surface area is 335 Å². The van der Waals surface area contributed by atoms with Gasteiger partial charge in [0.25, 0.3) is 0 Å². The van der Waals surface area contributed by atoms with Crippen molar-refractivity contribution in [1.82, 2.24) is 19.5 Å². The van der Waals surface area contributed by atoms with Gasteiger partial charge in [0.15, 0.2) is 0 Å². The number of thiophene rings is 1. The van der Waals surface area contributed by atoms with Gasteiger partial charge in [0.1, 0.15) is 4.83 Å². The third-order valence-electron chi connectivity index (χ3n) is 9.84. The van der Waals surface area contributed by atoms with Gasteiger partial charge in [-0.25, -0.2) is 4.98 Å². The van der Waals surface area contributed by atoms with Crippen molar-refractivity contribution in [2.75, 3.05) is 0 Å². The number of imidazole rings is 1. The van der Waals surface area contributed by atoms with Crippen LogP contribution in [0.1, 0.15) is 5.69 Å². The Morgan fingerprint density at radius 1 is 0.611 bits per heavy atom. The van der Waals surface area contributed by atoms with Crippen LogP contribution < -0.4 is 4.40 Å². The summed E-state index contributed by atoms with van der Waals surface area (Å²) in [6.45, 7) is 2.03. The molecule has 0 unspecified atom stereocenters. The molecule has 4 nitrogen and oxygen atoms in total. The van der Waals surface area contributed by atoms with Crippen LogP contribution in [0.25, 0.3) is 81.2 Å². The average Bonchev–Trinajstić information content (AvgIpc) is 3.76. The average molecular weight is 954 g/mol. The maximum absolute atomic E-state index is 5.02. The van der Waals surface area contributed by atoms with Crippen molar-refractivity contribution in [2.24, 2.45) is 0 Å². The van der Waals surface area contributed by atoms with E-state index in [-0.39, 0.29) is 20.1 Å². The van der Waals surface area contributed by atoms with Gasteiger partial charge in [-0.2, -0.15) is 11.3 Å². The topological polar surface area (TPSA) is 43.6 Å². The molecule has 0 saturated heterocycles. The fraction of sp³-hybridized carbons (Fsp3) is 0.0851. The standard InChI is InChI=1S/C25H16N3S.C22H20GeN.Ir/c1-16-14-15-19-18-10-7-11-20(23(18)29-25(19)26-16)24-27-21-12-5-6-13-22(21)28(24)17-8-3-2-4-9-17;1-23(2,3)17-12-14-22(24-15-17)21-10-6-9-19-18-8-5-4-7-16(18)11-13-20(19)21;/h2-10,12-15H,1H3;4-9,11-15H,1-3H3;/q2*-1;. The number of benzene rings is 6. The fourth-order valence-corrected chi connectivity index (χ4v) is 10.5. The molecule has 0 spiro atoms. The molecule has 0 fully saturated rings. The van der Waals surface area contributed by atoms with E-state index in [0.717, 1.165) is 49.9 Å². The van der Waals surface area contributed by atoms with E-state index in [1.807, 2.05) is 31.2 Å². The van der Waals surface area contributed by atoms with Crippen LogP contribution in [0.4, 0.5) is 0 Å². The van der Waals surface area contributed by atoms with Crippen LogP contribution >= 0.6 is 11.3 Å². The summed E-state index contributed by atoms with van der Waals surface area (Å²) >= 11 is -0.107. The second-order valence-corrected chi connectivity index (χ2v) is 26.0. The molecule has 0 aliphatic carbocycles. The van der Waals surface area contributed by atoms with Crippen LogP contribution in [0.3, 0.4) is 0 Å². The molecule has 0 aliphatic heterocycles. The predicted octanol–water partition coefficient (Wildman–Crippen LogP) is 12.0. The van der Waals surface area contributed by atoms with Crippen molar-refractivity contribution in [3.8, 4) is 28.3 Å². The molecule has 0 saturated carbocycles. The van der Waals surface area contributed by atoms with Crippen molar-refractivity contribution in [2.45, 2.75) is 24.2 Å². The molecule has 10 aromatic rings. The zero-order valence-corrected chi connectivity index (χ0v) is 35.7. The van der Waals surface area contributed by atoms with Gasteiger partial charge in [-0.1, -0.05) is 47.3 Å². The summed E-state index contributed by atoms with van der Waals surface area (Å²) in [4.78, 5) is 15.6. The molecule has 4 aromatic heterocycles. The molecule has 0 N–H and O–H groups in total. The first-order valence-corrected chi connectivity index (χ1v) is 26.0. The third-order valence-corrected chi connectivity index (χ3v) is 15.2. The fourth-order valence-electron chi connectivity index (χ4n) is 7.09. The summed E-state index contributed by atoms with van der Waals surface area (Å²) in [5.41, 5.74) is 7.31. The van der Waals surface area contributed by atoms with Crippen LogP contribution in [0, 0.1) is 19.1 Å². The minimum atomic E-state index is -1.82. The second-order valence-electron chi connectivity index (χ2n) is 14.4. The number of hydrogen-bond donors (Lipinski definition) is 0. The molecule has 0 atom stereocenters. The molecule has 10 rings (SSSR count). The zero-order valence-electron chi connectivity index (χ0n) is 30.4. The van der Waals surface area contributed by atoms with Gasteiger partial charge in [-0.15, -0.1) is 18.2 Å². The summed E-state index contributed by atoms with van der Waals surface area (Å²) in [6.07, 6.45) is 2.07. The Hall–Kier alpha value is -4.98. The van der Waals surface area contributed by atoms with Gasteiger partial charge in [0.2, 0.25) is 0 Å². The van der Waals surface area contributed by atoms with Crippen molar-refractivity contribution < 1.29 is 20.1 Å². The number of hydrogen-bond acceptors (Lipinski definition) is 4. The molecule has 0 bridgehead atoms. The van der Waals surface area contributed by atoms with Crippen LogP contribution in [0.5, 0.6) is 0 Å². The minimum Gasteiger partial charge on any atom is 0 e. The zero-order chi connectivity index (χ0) is 36.1. The van der Waals surface area contributed by atoms with E-state index >= 15 is 0 Å². The van der Waals surface area contributed by atoms with E-state index in [4.69, 9.17) is 15.0 Å². The number of aryl methyl sites for hydroxylation is 1. The molecular formula is C47H36GeIrN4S-2. The van der Waals surface area contributed by atoms with Gasteiger partial charge in [0, 0.05) is 31.5 Å². The maximum Gasteiger partial charge on any atom is 0 e. The summed E-state index contributed by atoms with van der Waals surface area (Å²) in [5, 5.41) is 7.43. The van der Waals surface area contributed by atoms with Crippen molar-refractivity contribution >= 4 is 81.9 Å². The first-order valence-electron chi connectivity index (χ1n) is 17.9. The molecule has 6 aromatic carbocycles. The predicted molar refractivity (Wildman–Crippen MR) is 227 cm³/mol. The van der Waals surface area contributed by atoms with Gasteiger partial charge in [-0.05, 0) is 47.3 Å². The number of para-hydroxylation sites is 3. The monoisotopic (exact) mass is 955 g/mol. The molecule has 265 valence electrons. The molecule has 7 heteroatoms. The van der Waals surface area contributed by atoms with E-state index < -0.39 is 13.3 Å². The summed E-state index contributed by atoms with van der Waals surface area (Å²) in [7, 11) is 0. The molecule has 0 aliphatic rings. The van der Waals surface area contributed by atoms with E-state index in [0.29, 0.717) is 0 Å². The number of pyridine rings is 2. The number of rotatable bonds is 4. The number of aromatic nitrogens is 4. The Morgan fingerprint density at radius 3 is 2.13 bits per heavy atom. The molecule has 54 heavy (non-hydrogen) atoms. The summed E-state index contributed by atoms with van der Waals surface area (Å²) < 4.78 is 4.83. The van der Waals surface area contributed by atoms with Gasteiger partial charge < -0.3 is 4.57 Å². The van der Waals surface area contributed by atoms with Crippen LogP contribution in [-0.4, -0.2) is 32.8 Å². The molecular weight excluding hydrogens is 917 g/mol. The van der Waals surface area contributed by atoms with Crippen molar-refractivity contribution in [3.63, 3.8) is 0 Å². The molecule has 0 amide bonds. The van der Waals surface area contributed by atoms with Crippen LogP contribution in [0.15, 0.2) is 146 Å². The Bertz CT molecular complexity index is 2950. The van der Waals surface area contributed by atoms with E-state index in [1.165, 1.54) is 41.4 Å². The maximum atomic E-state index is 5.02. The smallest absolute Gasteiger partial charge is 0 e.